The van der Waals surface area contributed by atoms with E-state index in [1.807, 2.05) is 50.4 Å². The van der Waals surface area contributed by atoms with E-state index in [9.17, 15) is 25.1 Å². The Labute approximate surface area is 332 Å². The van der Waals surface area contributed by atoms with Gasteiger partial charge >= 0.3 is 0 Å². The fourth-order valence-electron chi connectivity index (χ4n) is 8.46. The number of nitrogens with one attached hydrogen (secondary N) is 2. The van der Waals surface area contributed by atoms with Crippen LogP contribution < -0.4 is 24.8 Å². The predicted octanol–water partition coefficient (Wildman–Crippen LogP) is 3.56. The Balaban J connectivity index is 0.00000448. The zero-order chi connectivity index (χ0) is 35.4. The van der Waals surface area contributed by atoms with E-state index in [0.29, 0.717) is 46.8 Å². The minimum absolute atomic E-state index is 0. The topological polar surface area (TPSA) is 157 Å². The number of amides is 2. The number of nitrogens with zero attached hydrogens (tertiary/aromatic N) is 3. The minimum Gasteiger partial charge on any atom is -0.507 e. The molecule has 3 aromatic rings. The Kier molecular flexibility index (Phi) is 10.6. The van der Waals surface area contributed by atoms with E-state index in [4.69, 9.17) is 14.2 Å². The Morgan fingerprint density at radius 1 is 1.10 bits per heavy atom. The number of phenols is 2. The number of carbonyl (C=O) groups excluding carboxylic acids is 2. The minimum atomic E-state index is -0.864. The average Bonchev–Trinajstić information content (AvgIpc) is 3.59. The molecule has 12 nitrogen and oxygen atoms in total. The summed E-state index contributed by atoms with van der Waals surface area (Å²) in [6, 6.07) is 10.9. The molecule has 263 valence electrons. The summed E-state index contributed by atoms with van der Waals surface area (Å²) in [5.41, 5.74) is 5.22. The van der Waals surface area contributed by atoms with Crippen LogP contribution in [0.5, 0.6) is 28.7 Å². The molecule has 0 aliphatic carbocycles. The fraction of sp³-hybridized carbons (Fsp3) is 0.395. The van der Waals surface area contributed by atoms with Gasteiger partial charge in [-0.25, -0.2) is 0 Å². The van der Waals surface area contributed by atoms with Crippen molar-refractivity contribution in [3.63, 3.8) is 0 Å². The van der Waals surface area contributed by atoms with Gasteiger partial charge in [0, 0.05) is 91.0 Å². The van der Waals surface area contributed by atoms with E-state index in [1.165, 1.54) is 13.2 Å². The van der Waals surface area contributed by atoms with Crippen LogP contribution in [0.1, 0.15) is 58.0 Å². The summed E-state index contributed by atoms with van der Waals surface area (Å²) in [7, 11) is 3.50. The third kappa shape index (κ3) is 6.24. The summed E-state index contributed by atoms with van der Waals surface area (Å²) in [5, 5.41) is 39.9. The molecule has 0 aromatic heterocycles. The second-order valence-electron chi connectivity index (χ2n) is 13.5. The summed E-state index contributed by atoms with van der Waals surface area (Å²) in [4.78, 5) is 30.5. The van der Waals surface area contributed by atoms with E-state index in [-0.39, 0.29) is 81.0 Å². The molecule has 2 bridgehead atoms. The molecular formula is C38H41AcN5O7. The number of rotatable bonds is 7. The number of hydrogen-bond donors (Lipinski definition) is 4. The standard InChI is InChI=1S/C38H41N5O7.Ac/c1-19-13-23-14-25-27(16-39)43-26(32(42(25)4)30(23)34(46)35(19)48-5)15-24-31(37-36(49-18-50-37)20(2)33(24)45)28(43)17-40-38(47)21(3)41-29(44)12-11-22-9-7-6-8-10-22;/h6-13,21,25-28,32,45-46H,14-15,17-18H2,1-5H3,(H,40,47)(H,41,44);/b12-11+;/t21-,25-,26?,27-,28-,32-;/m0./s1. The number of methoxy groups -OCH3 is 1. The smallest absolute Gasteiger partial charge is 0.244 e. The third-order valence-electron chi connectivity index (χ3n) is 10.7. The second kappa shape index (κ2) is 14.7. The van der Waals surface area contributed by atoms with Crippen LogP contribution in [0.15, 0.2) is 42.5 Å². The summed E-state index contributed by atoms with van der Waals surface area (Å²) in [6.45, 7) is 5.31. The SMILES string of the molecule is COc1c(C)cc2c(c1O)[C@@H]1C3Cc4c(O)c(C)c5c(c4[C@H](CNC(=O)[C@H](C)NC(=O)/C=C/c4ccccc4)N3[C@@H](C#N)[C@H](C2)N1C)OCO5.[Ac]. The number of phenolic OH excluding ortho intramolecular Hbond substituents is 2. The zero-order valence-electron chi connectivity index (χ0n) is 29.3. The van der Waals surface area contributed by atoms with Crippen molar-refractivity contribution in [2.45, 2.75) is 69.9 Å². The number of fused-ring (bicyclic) bond motifs is 9. The molecule has 2 amide bonds. The summed E-state index contributed by atoms with van der Waals surface area (Å²) >= 11 is 0. The Morgan fingerprint density at radius 3 is 2.53 bits per heavy atom. The fourth-order valence-corrected chi connectivity index (χ4v) is 8.46. The van der Waals surface area contributed by atoms with Gasteiger partial charge in [0.05, 0.1) is 25.3 Å². The van der Waals surface area contributed by atoms with Crippen molar-refractivity contribution >= 4 is 17.9 Å². The molecule has 6 atom stereocenters. The van der Waals surface area contributed by atoms with Gasteiger partial charge in [0.15, 0.2) is 23.0 Å². The number of ether oxygens (including phenoxy) is 3. The number of benzene rings is 3. The van der Waals surface area contributed by atoms with Crippen LogP contribution >= 0.6 is 0 Å². The molecule has 7 rings (SSSR count). The van der Waals surface area contributed by atoms with Gasteiger partial charge in [0.2, 0.25) is 18.6 Å². The number of carbonyl (C=O) groups is 2. The zero-order valence-corrected chi connectivity index (χ0v) is 34.0. The Hall–Kier alpha value is -3.81. The number of hydrogen-bond acceptors (Lipinski definition) is 10. The maximum absolute atomic E-state index is 13.5. The number of nitriles is 1. The van der Waals surface area contributed by atoms with E-state index in [2.05, 4.69) is 26.5 Å². The first kappa shape index (κ1) is 37.0. The molecule has 1 radical (unpaired) electrons. The Morgan fingerprint density at radius 2 is 1.82 bits per heavy atom. The average molecular weight is 907 g/mol. The molecule has 4 N–H and O–H groups in total. The first-order chi connectivity index (χ1) is 24.0. The largest absolute Gasteiger partial charge is 0.507 e. The molecule has 1 fully saturated rings. The first-order valence-electron chi connectivity index (χ1n) is 16.8. The van der Waals surface area contributed by atoms with Gasteiger partial charge in [-0.1, -0.05) is 36.4 Å². The van der Waals surface area contributed by atoms with Gasteiger partial charge in [0.1, 0.15) is 17.8 Å². The molecule has 1 unspecified atom stereocenters. The van der Waals surface area contributed by atoms with Crippen molar-refractivity contribution in [1.82, 2.24) is 20.4 Å². The van der Waals surface area contributed by atoms with Gasteiger partial charge < -0.3 is 35.1 Å². The predicted molar refractivity (Wildman–Crippen MR) is 184 cm³/mol. The van der Waals surface area contributed by atoms with E-state index in [1.54, 1.807) is 19.9 Å². The van der Waals surface area contributed by atoms with E-state index >= 15 is 0 Å². The second-order valence-corrected chi connectivity index (χ2v) is 13.5. The molecule has 51 heavy (non-hydrogen) atoms. The molecule has 4 heterocycles. The van der Waals surface area contributed by atoms with Crippen LogP contribution in [-0.4, -0.2) is 83.5 Å². The van der Waals surface area contributed by atoms with E-state index in [0.717, 1.165) is 22.3 Å². The van der Waals surface area contributed by atoms with Crippen LogP contribution in [-0.2, 0) is 22.4 Å². The van der Waals surface area contributed by atoms with Crippen LogP contribution in [0, 0.1) is 69.2 Å². The van der Waals surface area contributed by atoms with Crippen molar-refractivity contribution in [3.05, 3.63) is 81.4 Å². The number of aryl methyl sites for hydroxylation is 1. The molecule has 1 saturated heterocycles. The summed E-state index contributed by atoms with van der Waals surface area (Å²) in [6.07, 6.45) is 3.93. The molecule has 4 aliphatic heterocycles. The first-order valence-corrected chi connectivity index (χ1v) is 16.8. The van der Waals surface area contributed by atoms with Crippen LogP contribution in [0.4, 0.5) is 0 Å². The van der Waals surface area contributed by atoms with Crippen molar-refractivity contribution in [2.75, 3.05) is 27.5 Å². The van der Waals surface area contributed by atoms with Crippen molar-refractivity contribution in [3.8, 4) is 34.8 Å². The van der Waals surface area contributed by atoms with Crippen molar-refractivity contribution in [1.29, 1.82) is 5.26 Å². The maximum Gasteiger partial charge on any atom is 0.244 e. The van der Waals surface area contributed by atoms with Crippen LogP contribution in [0.25, 0.3) is 6.08 Å². The molecule has 3 aromatic carbocycles. The quantitative estimate of drug-likeness (QED) is 0.259. The number of likely N-dealkylation sites (N-methyl/N-ethyl adjacent to an activating group) is 1. The van der Waals surface area contributed by atoms with Crippen molar-refractivity contribution < 1.29 is 78.1 Å². The maximum atomic E-state index is 13.5. The number of aromatic hydroxyl groups is 2. The summed E-state index contributed by atoms with van der Waals surface area (Å²) in [5.74, 6) is 0.651. The van der Waals surface area contributed by atoms with Gasteiger partial charge in [0.25, 0.3) is 0 Å². The normalized spacial score (nSPS) is 23.6. The molecule has 0 saturated carbocycles. The van der Waals surface area contributed by atoms with Crippen LogP contribution in [0.2, 0.25) is 0 Å². The van der Waals surface area contributed by atoms with Gasteiger partial charge in [-0.2, -0.15) is 5.26 Å². The third-order valence-corrected chi connectivity index (χ3v) is 10.7. The van der Waals surface area contributed by atoms with Gasteiger partial charge in [-0.05, 0) is 63.4 Å². The summed E-state index contributed by atoms with van der Waals surface area (Å²) < 4.78 is 17.5. The number of piperazine rings is 1. The van der Waals surface area contributed by atoms with Crippen LogP contribution in [0.3, 0.4) is 0 Å². The molecule has 4 aliphatic rings. The van der Waals surface area contributed by atoms with Gasteiger partial charge in [-0.15, -0.1) is 0 Å². The molecule has 13 heteroatoms. The monoisotopic (exact) mass is 906 g/mol. The molecular weight excluding hydrogens is 865 g/mol. The molecule has 0 spiro atoms. The van der Waals surface area contributed by atoms with Crippen molar-refractivity contribution in [2.24, 2.45) is 0 Å². The Bertz CT molecular complexity index is 1950. The van der Waals surface area contributed by atoms with E-state index < -0.39 is 36.0 Å². The van der Waals surface area contributed by atoms with Gasteiger partial charge in [-0.3, -0.25) is 19.4 Å².